The van der Waals surface area contributed by atoms with Crippen molar-refractivity contribution < 1.29 is 4.79 Å². The van der Waals surface area contributed by atoms with Gasteiger partial charge in [-0.15, -0.1) is 0 Å². The van der Waals surface area contributed by atoms with Crippen molar-refractivity contribution in [1.82, 2.24) is 4.31 Å². The molecule has 0 N–H and O–H groups in total. The average Bonchev–Trinajstić information content (AvgIpc) is 2.53. The second-order valence-corrected chi connectivity index (χ2v) is 4.65. The Morgan fingerprint density at radius 1 is 1.25 bits per heavy atom. The van der Waals surface area contributed by atoms with Crippen LogP contribution in [0.25, 0.3) is 0 Å². The largest absolute Gasteiger partial charge is 0.283 e. The van der Waals surface area contributed by atoms with Gasteiger partial charge in [0.2, 0.25) is 5.91 Å². The Labute approximate surface area is 77.8 Å². The lowest BCUT2D eigenvalue weighted by atomic mass is 9.95. The molecule has 0 unspecified atom stereocenters. The van der Waals surface area contributed by atoms with E-state index in [1.165, 1.54) is 32.1 Å². The van der Waals surface area contributed by atoms with E-state index in [9.17, 15) is 4.79 Å². The Hall–Kier alpha value is -0.180. The predicted octanol–water partition coefficient (Wildman–Crippen LogP) is 2.20. The molecule has 1 amide bonds. The predicted molar refractivity (Wildman–Crippen MR) is 50.8 cm³/mol. The Morgan fingerprint density at radius 3 is 2.58 bits per heavy atom. The number of amides is 1. The van der Waals surface area contributed by atoms with Crippen LogP contribution in [-0.2, 0) is 4.79 Å². The van der Waals surface area contributed by atoms with Gasteiger partial charge in [0, 0.05) is 18.2 Å². The van der Waals surface area contributed by atoms with Crippen LogP contribution < -0.4 is 0 Å². The van der Waals surface area contributed by atoms with Crippen molar-refractivity contribution >= 4 is 17.9 Å². The summed E-state index contributed by atoms with van der Waals surface area (Å²) in [6.07, 6.45) is 7.23. The molecule has 1 heterocycles. The zero-order valence-corrected chi connectivity index (χ0v) is 8.11. The molecule has 1 saturated carbocycles. The summed E-state index contributed by atoms with van der Waals surface area (Å²) >= 11 is 1.74. The van der Waals surface area contributed by atoms with Gasteiger partial charge in [0.1, 0.15) is 0 Å². The monoisotopic (exact) mass is 185 g/mol. The number of hydrogen-bond donors (Lipinski definition) is 0. The van der Waals surface area contributed by atoms with E-state index in [-0.39, 0.29) is 0 Å². The molecule has 2 nitrogen and oxygen atoms in total. The zero-order chi connectivity index (χ0) is 8.39. The Balaban J connectivity index is 1.93. The third-order valence-electron chi connectivity index (χ3n) is 2.70. The van der Waals surface area contributed by atoms with E-state index in [4.69, 9.17) is 0 Å². The van der Waals surface area contributed by atoms with Crippen molar-refractivity contribution in [1.29, 1.82) is 0 Å². The first-order chi connectivity index (χ1) is 5.88. The highest BCUT2D eigenvalue weighted by molar-refractivity contribution is 7.98. The summed E-state index contributed by atoms with van der Waals surface area (Å²) < 4.78 is 2.04. The summed E-state index contributed by atoms with van der Waals surface area (Å²) in [5, 5.41) is 0. The van der Waals surface area contributed by atoms with Gasteiger partial charge >= 0.3 is 0 Å². The van der Waals surface area contributed by atoms with Crippen LogP contribution in [0.5, 0.6) is 0 Å². The van der Waals surface area contributed by atoms with Gasteiger partial charge in [-0.2, -0.15) is 0 Å². The first kappa shape index (κ1) is 8.42. The minimum atomic E-state index is 0.368. The van der Waals surface area contributed by atoms with Gasteiger partial charge < -0.3 is 0 Å². The van der Waals surface area contributed by atoms with Gasteiger partial charge in [-0.1, -0.05) is 19.3 Å². The van der Waals surface area contributed by atoms with Gasteiger partial charge in [-0.25, -0.2) is 0 Å². The molecule has 0 spiro atoms. The third kappa shape index (κ3) is 1.60. The van der Waals surface area contributed by atoms with Crippen molar-refractivity contribution in [2.24, 2.45) is 0 Å². The first-order valence-corrected chi connectivity index (χ1v) is 5.77. The third-order valence-corrected chi connectivity index (χ3v) is 3.87. The van der Waals surface area contributed by atoms with Crippen LogP contribution in [-0.4, -0.2) is 22.0 Å². The highest BCUT2D eigenvalue weighted by Gasteiger charge is 2.29. The highest BCUT2D eigenvalue weighted by atomic mass is 32.2. The molecule has 1 aliphatic heterocycles. The molecule has 2 rings (SSSR count). The Bertz CT molecular complexity index is 177. The van der Waals surface area contributed by atoms with Crippen molar-refractivity contribution in [3.05, 3.63) is 0 Å². The average molecular weight is 185 g/mol. The van der Waals surface area contributed by atoms with E-state index >= 15 is 0 Å². The molecule has 1 aliphatic carbocycles. The summed E-state index contributed by atoms with van der Waals surface area (Å²) in [6.45, 7) is 0. The topological polar surface area (TPSA) is 20.3 Å². The first-order valence-electron chi connectivity index (χ1n) is 4.83. The fourth-order valence-electron chi connectivity index (χ4n) is 2.04. The molecule has 0 aromatic heterocycles. The lowest BCUT2D eigenvalue weighted by Gasteiger charge is -2.29. The lowest BCUT2D eigenvalue weighted by Crippen LogP contribution is -2.32. The maximum Gasteiger partial charge on any atom is 0.233 e. The van der Waals surface area contributed by atoms with Crippen molar-refractivity contribution in [3.63, 3.8) is 0 Å². The molecule has 0 atom stereocenters. The van der Waals surface area contributed by atoms with Crippen LogP contribution in [0.2, 0.25) is 0 Å². The van der Waals surface area contributed by atoms with Crippen LogP contribution in [0.1, 0.15) is 38.5 Å². The fourth-order valence-corrected chi connectivity index (χ4v) is 3.16. The second kappa shape index (κ2) is 3.69. The molecule has 68 valence electrons. The van der Waals surface area contributed by atoms with Crippen LogP contribution in [0.3, 0.4) is 0 Å². The number of rotatable bonds is 1. The summed E-state index contributed by atoms with van der Waals surface area (Å²) in [7, 11) is 0. The Kier molecular flexibility index (Phi) is 2.59. The van der Waals surface area contributed by atoms with E-state index in [0.717, 1.165) is 12.2 Å². The zero-order valence-electron chi connectivity index (χ0n) is 7.29. The van der Waals surface area contributed by atoms with E-state index in [0.29, 0.717) is 11.9 Å². The molecule has 12 heavy (non-hydrogen) atoms. The van der Waals surface area contributed by atoms with E-state index in [2.05, 4.69) is 0 Å². The number of hydrogen-bond acceptors (Lipinski definition) is 2. The van der Waals surface area contributed by atoms with Crippen LogP contribution >= 0.6 is 11.9 Å². The van der Waals surface area contributed by atoms with Crippen molar-refractivity contribution in [2.75, 3.05) is 5.75 Å². The summed E-state index contributed by atoms with van der Waals surface area (Å²) in [5.41, 5.74) is 0. The maximum absolute atomic E-state index is 11.4. The molecule has 2 fully saturated rings. The minimum Gasteiger partial charge on any atom is -0.283 e. The molecule has 0 bridgehead atoms. The summed E-state index contributed by atoms with van der Waals surface area (Å²) in [4.78, 5) is 11.4. The van der Waals surface area contributed by atoms with Crippen LogP contribution in [0.4, 0.5) is 0 Å². The van der Waals surface area contributed by atoms with Crippen LogP contribution in [0, 0.1) is 0 Å². The van der Waals surface area contributed by atoms with Crippen LogP contribution in [0.15, 0.2) is 0 Å². The van der Waals surface area contributed by atoms with Gasteiger partial charge in [-0.3, -0.25) is 9.10 Å². The maximum atomic E-state index is 11.4. The number of carbonyl (C=O) groups is 1. The fraction of sp³-hybridized carbons (Fsp3) is 0.889. The minimum absolute atomic E-state index is 0.368. The number of nitrogens with zero attached hydrogens (tertiary/aromatic N) is 1. The molecular weight excluding hydrogens is 170 g/mol. The molecule has 3 heteroatoms. The summed E-state index contributed by atoms with van der Waals surface area (Å²) in [6, 6.07) is 0.568. The number of carbonyl (C=O) groups excluding carboxylic acids is 1. The molecule has 0 aromatic carbocycles. The van der Waals surface area contributed by atoms with Gasteiger partial charge in [-0.05, 0) is 24.8 Å². The normalized spacial score (nSPS) is 26.7. The van der Waals surface area contributed by atoms with E-state index < -0.39 is 0 Å². The van der Waals surface area contributed by atoms with Gasteiger partial charge in [0.05, 0.1) is 0 Å². The lowest BCUT2D eigenvalue weighted by molar-refractivity contribution is -0.126. The molecule has 0 aromatic rings. The smallest absolute Gasteiger partial charge is 0.233 e. The Morgan fingerprint density at radius 2 is 2.00 bits per heavy atom. The molecular formula is C9H15NOS. The molecule has 1 saturated heterocycles. The van der Waals surface area contributed by atoms with Gasteiger partial charge in [0.25, 0.3) is 0 Å². The molecule has 2 aliphatic rings. The van der Waals surface area contributed by atoms with Crippen molar-refractivity contribution in [3.8, 4) is 0 Å². The SMILES string of the molecule is O=C1CCSN1C1CCCCC1. The standard InChI is InChI=1S/C9H15NOS/c11-9-6-7-12-10(9)8-4-2-1-3-5-8/h8H,1-7H2. The second-order valence-electron chi connectivity index (χ2n) is 3.59. The van der Waals surface area contributed by atoms with Crippen molar-refractivity contribution in [2.45, 2.75) is 44.6 Å². The molecule has 0 radical (unpaired) electrons. The van der Waals surface area contributed by atoms with Gasteiger partial charge in [0.15, 0.2) is 0 Å². The highest BCUT2D eigenvalue weighted by Crippen LogP contribution is 2.31. The summed E-state index contributed by atoms with van der Waals surface area (Å²) in [5.74, 6) is 1.38. The van der Waals surface area contributed by atoms with E-state index in [1.807, 2.05) is 4.31 Å². The van der Waals surface area contributed by atoms with E-state index in [1.54, 1.807) is 11.9 Å². The quantitative estimate of drug-likeness (QED) is 0.584.